The highest BCUT2D eigenvalue weighted by Gasteiger charge is 2.24. The monoisotopic (exact) mass is 351 g/mol. The fourth-order valence-electron chi connectivity index (χ4n) is 2.17. The second-order valence-electron chi connectivity index (χ2n) is 5.08. The fraction of sp³-hybridized carbons (Fsp3) is 0.250. The smallest absolute Gasteiger partial charge is 0.339 e. The quantitative estimate of drug-likeness (QED) is 0.432. The van der Waals surface area contributed by atoms with E-state index in [1.807, 2.05) is 0 Å². The van der Waals surface area contributed by atoms with Gasteiger partial charge in [0.05, 0.1) is 11.5 Å². The van der Waals surface area contributed by atoms with Crippen molar-refractivity contribution in [2.75, 3.05) is 13.7 Å². The Bertz CT molecular complexity index is 830. The van der Waals surface area contributed by atoms with Crippen molar-refractivity contribution < 1.29 is 22.3 Å². The van der Waals surface area contributed by atoms with Gasteiger partial charge in [-0.3, -0.25) is 10.1 Å². The lowest BCUT2D eigenvalue weighted by molar-refractivity contribution is -0.385. The van der Waals surface area contributed by atoms with Crippen molar-refractivity contribution in [2.45, 2.75) is 18.2 Å². The molecular weight excluding hydrogens is 334 g/mol. The first-order valence-electron chi connectivity index (χ1n) is 7.11. The van der Waals surface area contributed by atoms with E-state index in [9.17, 15) is 18.5 Å². The minimum Gasteiger partial charge on any atom is -0.384 e. The first-order chi connectivity index (χ1) is 11.3. The van der Waals surface area contributed by atoms with Crippen molar-refractivity contribution in [1.29, 1.82) is 0 Å². The van der Waals surface area contributed by atoms with Crippen LogP contribution in [0, 0.1) is 17.0 Å². The Labute approximate surface area is 140 Å². The van der Waals surface area contributed by atoms with Gasteiger partial charge < -0.3 is 8.92 Å². The number of hydrogen-bond acceptors (Lipinski definition) is 6. The molecule has 0 aliphatic rings. The fourth-order valence-corrected chi connectivity index (χ4v) is 3.35. The second-order valence-corrected chi connectivity index (χ2v) is 6.60. The van der Waals surface area contributed by atoms with Crippen molar-refractivity contribution in [1.82, 2.24) is 0 Å². The van der Waals surface area contributed by atoms with E-state index in [4.69, 9.17) is 8.92 Å². The molecule has 0 radical (unpaired) electrons. The Balaban J connectivity index is 2.26. The van der Waals surface area contributed by atoms with Crippen molar-refractivity contribution in [2.24, 2.45) is 0 Å². The van der Waals surface area contributed by atoms with Gasteiger partial charge in [0.2, 0.25) is 0 Å². The number of methoxy groups -OCH3 is 1. The number of nitro benzene ring substituents is 1. The summed E-state index contributed by atoms with van der Waals surface area (Å²) in [6.45, 7) is 1.94. The Morgan fingerprint density at radius 2 is 1.79 bits per heavy atom. The number of nitrogens with zero attached hydrogens (tertiary/aromatic N) is 1. The van der Waals surface area contributed by atoms with E-state index in [2.05, 4.69) is 0 Å². The standard InChI is InChI=1S/C16H17NO6S/c1-12-15(17(18)19)4-3-5-16(12)24(20,21)23-14-8-6-13(7-9-14)10-11-22-2/h3-9H,10-11H2,1-2H3. The summed E-state index contributed by atoms with van der Waals surface area (Å²) in [5, 5.41) is 10.9. The predicted octanol–water partition coefficient (Wildman–Crippen LogP) is 2.86. The molecule has 2 rings (SSSR count). The SMILES string of the molecule is COCCc1ccc(OS(=O)(=O)c2cccc([N+](=O)[O-])c2C)cc1. The number of ether oxygens (including phenoxy) is 1. The molecule has 2 aromatic rings. The van der Waals surface area contributed by atoms with Crippen LogP contribution in [0.5, 0.6) is 5.75 Å². The molecule has 0 saturated carbocycles. The zero-order valence-corrected chi connectivity index (χ0v) is 14.1. The molecule has 0 saturated heterocycles. The van der Waals surface area contributed by atoms with E-state index in [1.165, 1.54) is 37.3 Å². The van der Waals surface area contributed by atoms with Gasteiger partial charge >= 0.3 is 10.1 Å². The van der Waals surface area contributed by atoms with Crippen molar-refractivity contribution in [3.8, 4) is 5.75 Å². The maximum absolute atomic E-state index is 12.4. The largest absolute Gasteiger partial charge is 0.384 e. The predicted molar refractivity (Wildman–Crippen MR) is 87.7 cm³/mol. The van der Waals surface area contributed by atoms with Crippen LogP contribution in [0.3, 0.4) is 0 Å². The Kier molecular flexibility index (Phi) is 5.53. The lowest BCUT2D eigenvalue weighted by Gasteiger charge is -2.10. The van der Waals surface area contributed by atoms with Gasteiger partial charge in [-0.25, -0.2) is 0 Å². The third-order valence-electron chi connectivity index (χ3n) is 3.45. The van der Waals surface area contributed by atoms with Crippen LogP contribution in [0.1, 0.15) is 11.1 Å². The minimum atomic E-state index is -4.16. The molecule has 0 aromatic heterocycles. The molecule has 2 aromatic carbocycles. The number of hydrogen-bond donors (Lipinski definition) is 0. The summed E-state index contributed by atoms with van der Waals surface area (Å²) in [5.41, 5.74) is 0.752. The molecular formula is C16H17NO6S. The molecule has 0 N–H and O–H groups in total. The first-order valence-corrected chi connectivity index (χ1v) is 8.52. The summed E-state index contributed by atoms with van der Waals surface area (Å²) in [6, 6.07) is 10.4. The van der Waals surface area contributed by atoms with E-state index >= 15 is 0 Å². The molecule has 8 heteroatoms. The summed E-state index contributed by atoms with van der Waals surface area (Å²) < 4.78 is 34.8. The second kappa shape index (κ2) is 7.41. The molecule has 128 valence electrons. The van der Waals surface area contributed by atoms with Gasteiger partial charge in [-0.1, -0.05) is 18.2 Å². The van der Waals surface area contributed by atoms with Crippen molar-refractivity contribution in [3.05, 3.63) is 63.7 Å². The molecule has 0 atom stereocenters. The molecule has 0 aliphatic carbocycles. The van der Waals surface area contributed by atoms with Crippen molar-refractivity contribution in [3.63, 3.8) is 0 Å². The highest BCUT2D eigenvalue weighted by atomic mass is 32.2. The highest BCUT2D eigenvalue weighted by Crippen LogP contribution is 2.27. The van der Waals surface area contributed by atoms with Gasteiger partial charge in [-0.15, -0.1) is 0 Å². The first kappa shape index (κ1) is 17.9. The summed E-state index contributed by atoms with van der Waals surface area (Å²) in [4.78, 5) is 10.1. The topological polar surface area (TPSA) is 95.7 Å². The van der Waals surface area contributed by atoms with Crippen LogP contribution in [-0.4, -0.2) is 27.1 Å². The molecule has 0 spiro atoms. The van der Waals surface area contributed by atoms with E-state index in [0.717, 1.165) is 5.56 Å². The van der Waals surface area contributed by atoms with E-state index in [1.54, 1.807) is 19.2 Å². The third kappa shape index (κ3) is 4.09. The summed E-state index contributed by atoms with van der Waals surface area (Å²) in [7, 11) is -2.56. The molecule has 24 heavy (non-hydrogen) atoms. The Morgan fingerprint density at radius 3 is 2.38 bits per heavy atom. The van der Waals surface area contributed by atoms with Gasteiger partial charge in [0, 0.05) is 18.7 Å². The Hall–Kier alpha value is -2.45. The van der Waals surface area contributed by atoms with Crippen molar-refractivity contribution >= 4 is 15.8 Å². The molecule has 0 bridgehead atoms. The average Bonchev–Trinajstić information content (AvgIpc) is 2.53. The zero-order chi connectivity index (χ0) is 17.7. The molecule has 0 aliphatic heterocycles. The van der Waals surface area contributed by atoms with Crippen LogP contribution in [-0.2, 0) is 21.3 Å². The lowest BCUT2D eigenvalue weighted by atomic mass is 10.1. The maximum atomic E-state index is 12.4. The maximum Gasteiger partial charge on any atom is 0.339 e. The van der Waals surface area contributed by atoms with Crippen LogP contribution in [0.15, 0.2) is 47.4 Å². The molecule has 0 heterocycles. The van der Waals surface area contributed by atoms with Crippen LogP contribution in [0.4, 0.5) is 5.69 Å². The zero-order valence-electron chi connectivity index (χ0n) is 13.3. The van der Waals surface area contributed by atoms with E-state index < -0.39 is 15.0 Å². The molecule has 0 unspecified atom stereocenters. The normalized spacial score (nSPS) is 11.2. The number of nitro groups is 1. The van der Waals surface area contributed by atoms with Gasteiger partial charge in [0.1, 0.15) is 10.6 Å². The highest BCUT2D eigenvalue weighted by molar-refractivity contribution is 7.87. The molecule has 0 fully saturated rings. The average molecular weight is 351 g/mol. The van der Waals surface area contributed by atoms with Crippen LogP contribution in [0.2, 0.25) is 0 Å². The van der Waals surface area contributed by atoms with Crippen LogP contribution in [0.25, 0.3) is 0 Å². The molecule has 0 amide bonds. The van der Waals surface area contributed by atoms with Crippen LogP contribution >= 0.6 is 0 Å². The number of rotatable bonds is 7. The van der Waals surface area contributed by atoms with Gasteiger partial charge in [0.15, 0.2) is 0 Å². The van der Waals surface area contributed by atoms with Gasteiger partial charge in [0.25, 0.3) is 5.69 Å². The minimum absolute atomic E-state index is 0.0409. The van der Waals surface area contributed by atoms with Crippen LogP contribution < -0.4 is 4.18 Å². The third-order valence-corrected chi connectivity index (χ3v) is 4.84. The van der Waals surface area contributed by atoms with Gasteiger partial charge in [-0.05, 0) is 37.1 Å². The van der Waals surface area contributed by atoms with E-state index in [-0.39, 0.29) is 21.9 Å². The summed E-state index contributed by atoms with van der Waals surface area (Å²) >= 11 is 0. The Morgan fingerprint density at radius 1 is 1.12 bits per heavy atom. The van der Waals surface area contributed by atoms with Gasteiger partial charge in [-0.2, -0.15) is 8.42 Å². The summed E-state index contributed by atoms with van der Waals surface area (Å²) in [5.74, 6) is 0.141. The van der Waals surface area contributed by atoms with E-state index in [0.29, 0.717) is 13.0 Å². The number of benzene rings is 2. The summed E-state index contributed by atoms with van der Waals surface area (Å²) in [6.07, 6.45) is 0.702. The lowest BCUT2D eigenvalue weighted by Crippen LogP contribution is -2.12. The molecule has 7 nitrogen and oxygen atoms in total.